The maximum Gasteiger partial charge on any atom is 0.321 e. The normalized spacial score (nSPS) is 14.4. The summed E-state index contributed by atoms with van der Waals surface area (Å²) >= 11 is 0. The molecule has 1 fully saturated rings. The number of likely N-dealkylation sites (tertiary alicyclic amines) is 1. The summed E-state index contributed by atoms with van der Waals surface area (Å²) in [4.78, 5) is 27.3. The number of piperidine rings is 1. The molecular formula is C23H23N7O2. The second-order valence-corrected chi connectivity index (χ2v) is 7.79. The fourth-order valence-corrected chi connectivity index (χ4v) is 3.82. The highest BCUT2D eigenvalue weighted by molar-refractivity contribution is 5.89. The first-order valence-electron chi connectivity index (χ1n) is 10.6. The van der Waals surface area contributed by atoms with E-state index in [1.807, 2.05) is 58.1 Å². The fourth-order valence-electron chi connectivity index (χ4n) is 3.82. The van der Waals surface area contributed by atoms with Crippen molar-refractivity contribution in [1.29, 1.82) is 0 Å². The molecular weight excluding hydrogens is 406 g/mol. The summed E-state index contributed by atoms with van der Waals surface area (Å²) < 4.78 is 7.47. The first-order valence-corrected chi connectivity index (χ1v) is 10.6. The molecule has 0 bridgehead atoms. The molecule has 32 heavy (non-hydrogen) atoms. The van der Waals surface area contributed by atoms with E-state index in [1.165, 1.54) is 0 Å². The van der Waals surface area contributed by atoms with Gasteiger partial charge in [0.15, 0.2) is 0 Å². The monoisotopic (exact) mass is 429 g/mol. The summed E-state index contributed by atoms with van der Waals surface area (Å²) in [7, 11) is 0. The fraction of sp³-hybridized carbons (Fsp3) is 0.261. The maximum absolute atomic E-state index is 12.7. The minimum Gasteiger partial charge on any atom is -0.339 e. The number of rotatable bonds is 5. The molecule has 5 rings (SSSR count). The van der Waals surface area contributed by atoms with E-state index in [0.29, 0.717) is 30.5 Å². The first-order chi connectivity index (χ1) is 15.7. The van der Waals surface area contributed by atoms with Crippen LogP contribution in [0.2, 0.25) is 0 Å². The number of nitrogens with one attached hydrogen (secondary N) is 1. The van der Waals surface area contributed by atoms with E-state index in [2.05, 4.69) is 25.4 Å². The van der Waals surface area contributed by atoms with Gasteiger partial charge in [0.05, 0.1) is 6.33 Å². The molecule has 0 spiro atoms. The van der Waals surface area contributed by atoms with Crippen molar-refractivity contribution in [2.24, 2.45) is 0 Å². The van der Waals surface area contributed by atoms with Crippen LogP contribution >= 0.6 is 0 Å². The number of benzene rings is 1. The van der Waals surface area contributed by atoms with Crippen LogP contribution in [0.5, 0.6) is 0 Å². The van der Waals surface area contributed by atoms with Gasteiger partial charge in [0.1, 0.15) is 5.69 Å². The summed E-state index contributed by atoms with van der Waals surface area (Å²) in [6, 6.07) is 13.4. The minimum atomic E-state index is -0.0921. The van der Waals surface area contributed by atoms with Gasteiger partial charge in [-0.15, -0.1) is 0 Å². The minimum absolute atomic E-state index is 0.0921. The molecule has 1 saturated heterocycles. The van der Waals surface area contributed by atoms with Gasteiger partial charge in [-0.1, -0.05) is 23.4 Å². The van der Waals surface area contributed by atoms with E-state index < -0.39 is 0 Å². The molecule has 1 aliphatic rings. The van der Waals surface area contributed by atoms with Gasteiger partial charge in [-0.3, -0.25) is 4.98 Å². The van der Waals surface area contributed by atoms with Gasteiger partial charge in [-0.2, -0.15) is 4.98 Å². The smallest absolute Gasteiger partial charge is 0.321 e. The van der Waals surface area contributed by atoms with E-state index in [-0.39, 0.29) is 11.9 Å². The third kappa shape index (κ3) is 4.51. The Morgan fingerprint density at radius 2 is 1.94 bits per heavy atom. The number of nitrogens with zero attached hydrogens (tertiary/aromatic N) is 6. The summed E-state index contributed by atoms with van der Waals surface area (Å²) in [6.07, 6.45) is 8.73. The van der Waals surface area contributed by atoms with Gasteiger partial charge >= 0.3 is 6.03 Å². The topological polar surface area (TPSA) is 102 Å². The third-order valence-electron chi connectivity index (χ3n) is 5.60. The zero-order valence-corrected chi connectivity index (χ0v) is 17.5. The molecule has 1 aliphatic heterocycles. The largest absolute Gasteiger partial charge is 0.339 e. The Hall–Kier alpha value is -4.01. The Labute approximate surface area is 185 Å². The van der Waals surface area contributed by atoms with Crippen LogP contribution in [0.25, 0.3) is 11.5 Å². The van der Waals surface area contributed by atoms with Crippen LogP contribution in [0.4, 0.5) is 10.5 Å². The van der Waals surface area contributed by atoms with Crippen molar-refractivity contribution < 1.29 is 9.32 Å². The zero-order chi connectivity index (χ0) is 21.8. The van der Waals surface area contributed by atoms with Crippen molar-refractivity contribution in [2.45, 2.75) is 25.3 Å². The lowest BCUT2D eigenvalue weighted by Crippen LogP contribution is -2.40. The Balaban J connectivity index is 1.13. The average Bonchev–Trinajstić information content (AvgIpc) is 3.54. The van der Waals surface area contributed by atoms with Crippen molar-refractivity contribution in [2.75, 3.05) is 18.4 Å². The van der Waals surface area contributed by atoms with Crippen LogP contribution in [0.15, 0.2) is 71.9 Å². The molecule has 1 aromatic carbocycles. The summed E-state index contributed by atoms with van der Waals surface area (Å²) in [5.74, 6) is 1.25. The molecule has 0 unspecified atom stereocenters. The number of amides is 2. The van der Waals surface area contributed by atoms with Crippen molar-refractivity contribution in [3.8, 4) is 11.5 Å². The highest BCUT2D eigenvalue weighted by Crippen LogP contribution is 2.28. The lowest BCUT2D eigenvalue weighted by atomic mass is 9.97. The summed E-state index contributed by atoms with van der Waals surface area (Å²) in [5, 5.41) is 7.04. The standard InChI is InChI=1S/C23H23N7O2/c31-23(26-19-6-4-17(5-7-19)15-29-14-11-24-16-29)30-12-8-18(9-13-30)22-27-21(28-32-22)20-3-1-2-10-25-20/h1-7,10-11,14,16,18H,8-9,12-13,15H2,(H,26,31). The van der Waals surface area contributed by atoms with Gasteiger partial charge in [0.25, 0.3) is 0 Å². The van der Waals surface area contributed by atoms with Gasteiger partial charge in [-0.25, -0.2) is 9.78 Å². The van der Waals surface area contributed by atoms with Gasteiger partial charge < -0.3 is 19.3 Å². The van der Waals surface area contributed by atoms with Gasteiger partial charge in [0.2, 0.25) is 11.7 Å². The lowest BCUT2D eigenvalue weighted by Gasteiger charge is -2.30. The van der Waals surface area contributed by atoms with E-state index in [4.69, 9.17) is 4.52 Å². The number of carbonyl (C=O) groups excluding carboxylic acids is 1. The Bertz CT molecular complexity index is 1150. The molecule has 0 saturated carbocycles. The predicted octanol–water partition coefficient (Wildman–Crippen LogP) is 3.79. The number of aromatic nitrogens is 5. The SMILES string of the molecule is O=C(Nc1ccc(Cn2ccnc2)cc1)N1CCC(c2nc(-c3ccccn3)no2)CC1. The summed E-state index contributed by atoms with van der Waals surface area (Å²) in [6.45, 7) is 2.02. The number of imidazole rings is 1. The number of urea groups is 1. The van der Waals surface area contributed by atoms with Crippen LogP contribution in [-0.4, -0.2) is 48.7 Å². The second kappa shape index (κ2) is 9.01. The maximum atomic E-state index is 12.7. The van der Waals surface area contributed by atoms with Crippen molar-refractivity contribution in [3.63, 3.8) is 0 Å². The second-order valence-electron chi connectivity index (χ2n) is 7.79. The number of hydrogen-bond acceptors (Lipinski definition) is 6. The molecule has 162 valence electrons. The van der Waals surface area contributed by atoms with Crippen LogP contribution in [0.1, 0.15) is 30.2 Å². The Kier molecular flexibility index (Phi) is 5.61. The highest BCUT2D eigenvalue weighted by atomic mass is 16.5. The third-order valence-corrected chi connectivity index (χ3v) is 5.60. The number of anilines is 1. The van der Waals surface area contributed by atoms with Crippen molar-refractivity contribution in [3.05, 3.63) is 78.8 Å². The van der Waals surface area contributed by atoms with Crippen molar-refractivity contribution in [1.82, 2.24) is 29.6 Å². The number of hydrogen-bond donors (Lipinski definition) is 1. The number of pyridine rings is 1. The molecule has 0 aliphatic carbocycles. The summed E-state index contributed by atoms with van der Waals surface area (Å²) in [5.41, 5.74) is 2.62. The van der Waals surface area contributed by atoms with E-state index >= 15 is 0 Å². The molecule has 4 aromatic rings. The Morgan fingerprint density at radius 3 is 2.66 bits per heavy atom. The highest BCUT2D eigenvalue weighted by Gasteiger charge is 2.28. The van der Waals surface area contributed by atoms with Crippen LogP contribution in [-0.2, 0) is 6.54 Å². The van der Waals surface area contributed by atoms with E-state index in [0.717, 1.165) is 30.6 Å². The Morgan fingerprint density at radius 1 is 1.09 bits per heavy atom. The number of carbonyl (C=O) groups is 1. The zero-order valence-electron chi connectivity index (χ0n) is 17.5. The quantitative estimate of drug-likeness (QED) is 0.518. The first kappa shape index (κ1) is 19.9. The van der Waals surface area contributed by atoms with Crippen LogP contribution in [0, 0.1) is 0 Å². The molecule has 9 nitrogen and oxygen atoms in total. The van der Waals surface area contributed by atoms with Gasteiger partial charge in [-0.05, 0) is 42.7 Å². The predicted molar refractivity (Wildman–Crippen MR) is 118 cm³/mol. The average molecular weight is 429 g/mol. The van der Waals surface area contributed by atoms with E-state index in [9.17, 15) is 4.79 Å². The molecule has 4 heterocycles. The van der Waals surface area contributed by atoms with Crippen LogP contribution < -0.4 is 5.32 Å². The molecule has 1 N–H and O–H groups in total. The molecule has 0 atom stereocenters. The molecule has 9 heteroatoms. The molecule has 0 radical (unpaired) electrons. The lowest BCUT2D eigenvalue weighted by molar-refractivity contribution is 0.187. The van der Waals surface area contributed by atoms with Gasteiger partial charge in [0, 0.05) is 49.8 Å². The van der Waals surface area contributed by atoms with E-state index in [1.54, 1.807) is 18.7 Å². The van der Waals surface area contributed by atoms with Crippen molar-refractivity contribution >= 4 is 11.7 Å². The molecule has 2 amide bonds. The molecule has 3 aromatic heterocycles. The van der Waals surface area contributed by atoms with Crippen LogP contribution in [0.3, 0.4) is 0 Å².